The van der Waals surface area contributed by atoms with Gasteiger partial charge in [0.15, 0.2) is 9.84 Å². The SMILES string of the molecule is CC(=O)Nc1c(C)cc(-c2nc(-c3ccc(N(C)C)cc3S(=O)(=O)Cc3ccccc3)c(-c3ccc(N(C)C)cc3)s2)cc1C.COc1cc(-c2nc(-c3ccc(N(C)C)cc3NC(C)=O)c(-c3ccc(N(C)C)cc3)n2C)cc(OC)c1NC(C)=O. The van der Waals surface area contributed by atoms with Crippen LogP contribution in [0.1, 0.15) is 37.5 Å². The first-order chi connectivity index (χ1) is 41.3. The minimum atomic E-state index is -3.76. The number of amides is 3. The molecule has 0 saturated heterocycles. The Hall–Kier alpha value is -9.46. The van der Waals surface area contributed by atoms with Crippen molar-refractivity contribution in [1.29, 1.82) is 0 Å². The second-order valence-corrected chi connectivity index (χ2v) is 25.0. The molecule has 0 aliphatic rings. The summed E-state index contributed by atoms with van der Waals surface area (Å²) in [5.74, 6) is 0.861. The summed E-state index contributed by atoms with van der Waals surface area (Å²) in [6.07, 6.45) is 0. The Morgan fingerprint density at radius 3 is 1.52 bits per heavy atom. The number of anilines is 7. The average Bonchev–Trinajstić information content (AvgIpc) is 1.71. The third kappa shape index (κ3) is 14.5. The third-order valence-electron chi connectivity index (χ3n) is 14.5. The lowest BCUT2D eigenvalue weighted by Crippen LogP contribution is -2.12. The molecule has 2 heterocycles. The van der Waals surface area contributed by atoms with Gasteiger partial charge in [0.1, 0.15) is 28.0 Å². The van der Waals surface area contributed by atoms with Gasteiger partial charge in [0.05, 0.1) is 52.5 Å². The molecule has 7 aromatic carbocycles. The second kappa shape index (κ2) is 26.9. The molecule has 0 saturated carbocycles. The smallest absolute Gasteiger partial charge is 0.221 e. The molecule has 452 valence electrons. The first-order valence-electron chi connectivity index (χ1n) is 28.0. The molecule has 3 amide bonds. The van der Waals surface area contributed by atoms with Crippen LogP contribution in [0.3, 0.4) is 0 Å². The fourth-order valence-electron chi connectivity index (χ4n) is 10.1. The molecule has 0 bridgehead atoms. The summed E-state index contributed by atoms with van der Waals surface area (Å²) >= 11 is 1.53. The lowest BCUT2D eigenvalue weighted by molar-refractivity contribution is -0.115. The number of benzene rings is 7. The van der Waals surface area contributed by atoms with E-state index in [4.69, 9.17) is 19.4 Å². The van der Waals surface area contributed by atoms with Crippen molar-refractivity contribution in [2.75, 3.05) is 106 Å². The van der Waals surface area contributed by atoms with Gasteiger partial charge in [-0.2, -0.15) is 0 Å². The molecule has 0 spiro atoms. The maximum Gasteiger partial charge on any atom is 0.221 e. The minimum absolute atomic E-state index is 0.120. The van der Waals surface area contributed by atoms with E-state index < -0.39 is 9.84 Å². The molecule has 0 atom stereocenters. The van der Waals surface area contributed by atoms with Crippen molar-refractivity contribution in [2.24, 2.45) is 7.05 Å². The van der Waals surface area contributed by atoms with Gasteiger partial charge in [-0.05, 0) is 121 Å². The van der Waals surface area contributed by atoms with Crippen LogP contribution >= 0.6 is 11.3 Å². The van der Waals surface area contributed by atoms with Gasteiger partial charge in [-0.15, -0.1) is 11.3 Å². The van der Waals surface area contributed by atoms with Gasteiger partial charge in [0.25, 0.3) is 0 Å². The highest BCUT2D eigenvalue weighted by Crippen LogP contribution is 2.47. The van der Waals surface area contributed by atoms with Crippen LogP contribution in [-0.2, 0) is 37.0 Å². The summed E-state index contributed by atoms with van der Waals surface area (Å²) in [5.41, 5.74) is 15.4. The summed E-state index contributed by atoms with van der Waals surface area (Å²) in [7, 11) is 17.0. The number of sulfone groups is 1. The molecular weight excluding hydrogens is 1130 g/mol. The van der Waals surface area contributed by atoms with E-state index in [-0.39, 0.29) is 28.4 Å². The van der Waals surface area contributed by atoms with Crippen molar-refractivity contribution < 1.29 is 32.3 Å². The number of hydrogen-bond donors (Lipinski definition) is 3. The Bertz CT molecular complexity index is 4070. The van der Waals surface area contributed by atoms with Gasteiger partial charge < -0.3 is 49.6 Å². The molecule has 0 radical (unpaired) electrons. The van der Waals surface area contributed by atoms with E-state index in [2.05, 4.69) is 64.5 Å². The fraction of sp³-hybridized carbons (Fsp3) is 0.250. The molecule has 9 rings (SSSR count). The summed E-state index contributed by atoms with van der Waals surface area (Å²) in [4.78, 5) is 55.4. The summed E-state index contributed by atoms with van der Waals surface area (Å²) in [6, 6.07) is 44.9. The number of aromatic nitrogens is 3. The van der Waals surface area contributed by atoms with Crippen LogP contribution in [0.25, 0.3) is 66.2 Å². The summed E-state index contributed by atoms with van der Waals surface area (Å²) in [6.45, 7) is 8.35. The Kier molecular flexibility index (Phi) is 19.6. The predicted octanol–water partition coefficient (Wildman–Crippen LogP) is 13.3. The Labute approximate surface area is 515 Å². The second-order valence-electron chi connectivity index (χ2n) is 22.0. The molecule has 9 aromatic rings. The first kappa shape index (κ1) is 63.6. The van der Waals surface area contributed by atoms with Gasteiger partial charge in [0.2, 0.25) is 17.7 Å². The number of aryl methyl sites for hydroxylation is 2. The number of thiazole rings is 1. The monoisotopic (exact) mass is 1210 g/mol. The largest absolute Gasteiger partial charge is 0.494 e. The highest BCUT2D eigenvalue weighted by molar-refractivity contribution is 7.90. The highest BCUT2D eigenvalue weighted by Gasteiger charge is 2.28. The van der Waals surface area contributed by atoms with Crippen LogP contribution < -0.4 is 45.0 Å². The number of rotatable bonds is 18. The van der Waals surface area contributed by atoms with Crippen molar-refractivity contribution in [2.45, 2.75) is 45.3 Å². The van der Waals surface area contributed by atoms with Crippen molar-refractivity contribution >= 4 is 78.7 Å². The van der Waals surface area contributed by atoms with E-state index in [0.29, 0.717) is 45.6 Å². The van der Waals surface area contributed by atoms with Crippen molar-refractivity contribution in [3.8, 4) is 77.7 Å². The summed E-state index contributed by atoms with van der Waals surface area (Å²) in [5, 5.41) is 9.49. The minimum Gasteiger partial charge on any atom is -0.494 e. The molecule has 0 aliphatic heterocycles. The average molecular weight is 1210 g/mol. The van der Waals surface area contributed by atoms with Crippen LogP contribution in [0, 0.1) is 13.8 Å². The normalized spacial score (nSPS) is 11.0. The Balaban J connectivity index is 0.000000226. The molecule has 3 N–H and O–H groups in total. The van der Waals surface area contributed by atoms with Gasteiger partial charge >= 0.3 is 0 Å². The standard InChI is InChI=1S/C36H38N4O3S2.C32H38N6O4/c1-23-19-28(20-24(2)33(23)37-25(3)41)36-38-34(35(44-36)27-13-15-29(16-14-27)39(4)5)31-18-17-30(40(6)7)21-32(31)45(42,43)22-26-11-9-8-10-12-26;1-19(39)33-26-18-24(37(5)6)14-15-25(26)29-31(21-10-12-23(13-11-21)36(3)4)38(7)32(35-29)22-16-27(41-8)30(34-20(2)40)28(17-22)42-9/h8-21H,22H2,1-7H3,(H,37,41);10-18H,1-9H3,(H,33,39)(H,34,40). The first-order valence-corrected chi connectivity index (χ1v) is 30.5. The maximum absolute atomic E-state index is 14.1. The van der Waals surface area contributed by atoms with E-state index in [1.807, 2.05) is 186 Å². The molecular formula is C68H76N10O7S2. The zero-order valence-corrected chi connectivity index (χ0v) is 53.9. The topological polar surface area (TPSA) is 184 Å². The number of carbonyl (C=O) groups is 3. The van der Waals surface area contributed by atoms with Crippen molar-refractivity contribution in [3.63, 3.8) is 0 Å². The number of methoxy groups -OCH3 is 2. The van der Waals surface area contributed by atoms with Gasteiger partial charge in [-0.3, -0.25) is 14.4 Å². The zero-order chi connectivity index (χ0) is 63.2. The maximum atomic E-state index is 14.1. The zero-order valence-electron chi connectivity index (χ0n) is 52.3. The predicted molar refractivity (Wildman–Crippen MR) is 358 cm³/mol. The molecule has 87 heavy (non-hydrogen) atoms. The van der Waals surface area contributed by atoms with E-state index in [1.54, 1.807) is 6.07 Å². The van der Waals surface area contributed by atoms with Crippen LogP contribution in [0.4, 0.5) is 39.8 Å². The highest BCUT2D eigenvalue weighted by atomic mass is 32.2. The van der Waals surface area contributed by atoms with Gasteiger partial charge in [0, 0.05) is 140 Å². The number of ether oxygens (including phenoxy) is 2. The molecule has 0 aliphatic carbocycles. The van der Waals surface area contributed by atoms with E-state index in [0.717, 1.165) is 88.5 Å². The molecule has 0 fully saturated rings. The van der Waals surface area contributed by atoms with E-state index in [9.17, 15) is 22.8 Å². The number of nitrogens with one attached hydrogen (secondary N) is 3. The van der Waals surface area contributed by atoms with Crippen LogP contribution in [0.2, 0.25) is 0 Å². The van der Waals surface area contributed by atoms with Crippen LogP contribution in [-0.4, -0.2) is 111 Å². The van der Waals surface area contributed by atoms with Gasteiger partial charge in [-0.1, -0.05) is 54.6 Å². The van der Waals surface area contributed by atoms with Crippen LogP contribution in [0.5, 0.6) is 11.5 Å². The van der Waals surface area contributed by atoms with E-state index in [1.165, 1.54) is 46.3 Å². The summed E-state index contributed by atoms with van der Waals surface area (Å²) < 4.78 is 41.6. The van der Waals surface area contributed by atoms with E-state index >= 15 is 0 Å². The number of imidazole rings is 1. The van der Waals surface area contributed by atoms with Crippen molar-refractivity contribution in [1.82, 2.24) is 14.5 Å². The quantitative estimate of drug-likeness (QED) is 0.0738. The Morgan fingerprint density at radius 2 is 1.01 bits per heavy atom. The number of nitrogens with zero attached hydrogens (tertiary/aromatic N) is 7. The lowest BCUT2D eigenvalue weighted by Gasteiger charge is -2.17. The molecule has 17 nitrogen and oxygen atoms in total. The number of hydrogen-bond acceptors (Lipinski definition) is 14. The van der Waals surface area contributed by atoms with Gasteiger partial charge in [-0.25, -0.2) is 18.4 Å². The van der Waals surface area contributed by atoms with Crippen molar-refractivity contribution in [3.05, 3.63) is 156 Å². The molecule has 2 aromatic heterocycles. The fourth-order valence-corrected chi connectivity index (χ4v) is 12.8. The molecule has 19 heteroatoms. The Morgan fingerprint density at radius 1 is 0.529 bits per heavy atom. The van der Waals surface area contributed by atoms with Crippen LogP contribution in [0.15, 0.2) is 144 Å². The third-order valence-corrected chi connectivity index (χ3v) is 17.4. The molecule has 0 unspecified atom stereocenters. The lowest BCUT2D eigenvalue weighted by atomic mass is 10.0. The number of carbonyl (C=O) groups excluding carboxylic acids is 3.